The van der Waals surface area contributed by atoms with Crippen LogP contribution in [-0.4, -0.2) is 79.5 Å². The number of carbonyl (C=O) groups excluding carboxylic acids is 1. The van der Waals surface area contributed by atoms with Gasteiger partial charge in [0.05, 0.1) is 38.5 Å². The van der Waals surface area contributed by atoms with Crippen molar-refractivity contribution in [1.29, 1.82) is 0 Å². The Balaban J connectivity index is 1.68. The minimum Gasteiger partial charge on any atom is -0.497 e. The van der Waals surface area contributed by atoms with E-state index in [1.165, 1.54) is 10.4 Å². The Morgan fingerprint density at radius 3 is 2.82 bits per heavy atom. The lowest BCUT2D eigenvalue weighted by Gasteiger charge is -2.37. The topological polar surface area (TPSA) is 71.5 Å². The summed E-state index contributed by atoms with van der Waals surface area (Å²) in [5, 5.41) is 12.5. The molecule has 0 unspecified atom stereocenters. The Morgan fingerprint density at radius 2 is 2.09 bits per heavy atom. The number of ether oxygens (including phenoxy) is 3. The molecule has 34 heavy (non-hydrogen) atoms. The zero-order valence-corrected chi connectivity index (χ0v) is 21.6. The lowest BCUT2D eigenvalue weighted by molar-refractivity contribution is -0.136. The van der Waals surface area contributed by atoms with Crippen molar-refractivity contribution < 1.29 is 24.1 Å². The van der Waals surface area contributed by atoms with Gasteiger partial charge in [-0.15, -0.1) is 11.3 Å². The number of rotatable bonds is 13. The molecule has 3 rings (SSSR count). The summed E-state index contributed by atoms with van der Waals surface area (Å²) in [7, 11) is 1.63. The van der Waals surface area contributed by atoms with Crippen LogP contribution in [0.5, 0.6) is 11.5 Å². The second-order valence-corrected chi connectivity index (χ2v) is 9.91. The molecule has 0 saturated heterocycles. The summed E-state index contributed by atoms with van der Waals surface area (Å²) in [6, 6.07) is 9.48. The Kier molecular flexibility index (Phi) is 10.2. The molecule has 8 heteroatoms. The molecule has 1 aromatic carbocycles. The van der Waals surface area contributed by atoms with E-state index in [1.54, 1.807) is 18.4 Å². The van der Waals surface area contributed by atoms with Crippen molar-refractivity contribution in [2.75, 3.05) is 46.5 Å². The van der Waals surface area contributed by atoms with Crippen molar-refractivity contribution in [3.05, 3.63) is 46.2 Å². The molecule has 7 nitrogen and oxygen atoms in total. The van der Waals surface area contributed by atoms with Gasteiger partial charge in [-0.05, 0) is 62.4 Å². The van der Waals surface area contributed by atoms with E-state index in [1.807, 2.05) is 47.9 Å². The van der Waals surface area contributed by atoms with Crippen LogP contribution < -0.4 is 9.47 Å². The molecule has 0 bridgehead atoms. The van der Waals surface area contributed by atoms with Gasteiger partial charge in [0.15, 0.2) is 0 Å². The van der Waals surface area contributed by atoms with Crippen LogP contribution in [0.25, 0.3) is 0 Å². The number of hydrogen-bond acceptors (Lipinski definition) is 7. The Hall–Kier alpha value is -2.13. The molecule has 0 spiro atoms. The van der Waals surface area contributed by atoms with E-state index in [-0.39, 0.29) is 31.2 Å². The minimum absolute atomic E-state index is 0.0570. The Morgan fingerprint density at radius 1 is 1.29 bits per heavy atom. The zero-order chi connectivity index (χ0) is 24.5. The van der Waals surface area contributed by atoms with Crippen LogP contribution >= 0.6 is 11.3 Å². The molecule has 1 aromatic heterocycles. The number of hydrogen-bond donors (Lipinski definition) is 1. The van der Waals surface area contributed by atoms with E-state index >= 15 is 0 Å². The van der Waals surface area contributed by atoms with Crippen molar-refractivity contribution in [2.24, 2.45) is 0 Å². The van der Waals surface area contributed by atoms with Gasteiger partial charge in [0.25, 0.3) is 0 Å². The van der Waals surface area contributed by atoms with Crippen LogP contribution in [0.4, 0.5) is 0 Å². The van der Waals surface area contributed by atoms with Crippen LogP contribution in [0.1, 0.15) is 43.7 Å². The van der Waals surface area contributed by atoms with Crippen LogP contribution in [0.15, 0.2) is 35.7 Å². The van der Waals surface area contributed by atoms with Gasteiger partial charge in [0.2, 0.25) is 5.91 Å². The molecule has 1 amide bonds. The summed E-state index contributed by atoms with van der Waals surface area (Å²) >= 11 is 1.74. The van der Waals surface area contributed by atoms with E-state index in [0.717, 1.165) is 30.9 Å². The fourth-order valence-electron chi connectivity index (χ4n) is 4.23. The largest absolute Gasteiger partial charge is 0.497 e. The van der Waals surface area contributed by atoms with Gasteiger partial charge in [-0.3, -0.25) is 9.69 Å². The van der Waals surface area contributed by atoms with Gasteiger partial charge in [-0.1, -0.05) is 13.0 Å². The highest BCUT2D eigenvalue weighted by Gasteiger charge is 2.33. The molecule has 0 saturated carbocycles. The number of aliphatic hydroxyl groups excluding tert-OH is 1. The van der Waals surface area contributed by atoms with Crippen molar-refractivity contribution in [3.63, 3.8) is 0 Å². The number of amides is 1. The normalized spacial score (nSPS) is 16.6. The van der Waals surface area contributed by atoms with Gasteiger partial charge < -0.3 is 24.2 Å². The Labute approximate surface area is 207 Å². The zero-order valence-electron chi connectivity index (χ0n) is 20.7. The maximum absolute atomic E-state index is 13.5. The number of nitrogens with zero attached hydrogens (tertiary/aromatic N) is 2. The van der Waals surface area contributed by atoms with E-state index in [0.29, 0.717) is 19.7 Å². The summed E-state index contributed by atoms with van der Waals surface area (Å²) in [5.41, 5.74) is 1.17. The molecule has 1 aliphatic heterocycles. The highest BCUT2D eigenvalue weighted by Crippen LogP contribution is 2.34. The summed E-state index contributed by atoms with van der Waals surface area (Å²) in [6.07, 6.45) is 1.20. The minimum atomic E-state index is -0.626. The van der Waals surface area contributed by atoms with Crippen LogP contribution in [0.2, 0.25) is 0 Å². The van der Waals surface area contributed by atoms with E-state index < -0.39 is 6.10 Å². The maximum atomic E-state index is 13.5. The third kappa shape index (κ3) is 7.43. The molecular weight excluding hydrogens is 452 g/mol. The van der Waals surface area contributed by atoms with Gasteiger partial charge in [-0.25, -0.2) is 0 Å². The van der Waals surface area contributed by atoms with Gasteiger partial charge in [-0.2, -0.15) is 0 Å². The lowest BCUT2D eigenvalue weighted by Crippen LogP contribution is -2.48. The quantitative estimate of drug-likeness (QED) is 0.461. The van der Waals surface area contributed by atoms with Gasteiger partial charge in [0.1, 0.15) is 18.1 Å². The number of carbonyl (C=O) groups is 1. The lowest BCUT2D eigenvalue weighted by atomic mass is 10.0. The summed E-state index contributed by atoms with van der Waals surface area (Å²) in [5.74, 6) is 1.51. The van der Waals surface area contributed by atoms with Crippen molar-refractivity contribution in [1.82, 2.24) is 9.80 Å². The average Bonchev–Trinajstić information content (AvgIpc) is 3.30. The molecule has 1 aliphatic rings. The van der Waals surface area contributed by atoms with Gasteiger partial charge in [0, 0.05) is 24.0 Å². The average molecular weight is 491 g/mol. The molecule has 2 aromatic rings. The van der Waals surface area contributed by atoms with Gasteiger partial charge >= 0.3 is 0 Å². The highest BCUT2D eigenvalue weighted by atomic mass is 32.1. The fourth-order valence-corrected chi connectivity index (χ4v) is 5.16. The number of methoxy groups -OCH3 is 1. The molecule has 1 N–H and O–H groups in total. The first-order valence-electron chi connectivity index (χ1n) is 12.1. The van der Waals surface area contributed by atoms with Crippen LogP contribution in [-0.2, 0) is 16.0 Å². The maximum Gasteiger partial charge on any atom is 0.237 e. The predicted molar refractivity (Wildman–Crippen MR) is 135 cm³/mol. The van der Waals surface area contributed by atoms with Crippen molar-refractivity contribution in [3.8, 4) is 11.5 Å². The molecular formula is C26H38N2O5S. The SMILES string of the molecule is CCCN(CC(=O)N1CCc2sccc2[C@H]1COc1cccc(OC)c1)C[C@H](O)COC(C)C. The predicted octanol–water partition coefficient (Wildman–Crippen LogP) is 3.76. The monoisotopic (exact) mass is 490 g/mol. The molecule has 0 aliphatic carbocycles. The molecule has 188 valence electrons. The first-order chi connectivity index (χ1) is 16.4. The van der Waals surface area contributed by atoms with E-state index in [2.05, 4.69) is 18.4 Å². The van der Waals surface area contributed by atoms with Crippen molar-refractivity contribution in [2.45, 2.75) is 51.9 Å². The summed E-state index contributed by atoms with van der Waals surface area (Å²) in [6.45, 7) is 8.71. The highest BCUT2D eigenvalue weighted by molar-refractivity contribution is 7.10. The first kappa shape index (κ1) is 26.5. The Bertz CT molecular complexity index is 903. The van der Waals surface area contributed by atoms with Crippen molar-refractivity contribution >= 4 is 17.2 Å². The fraction of sp³-hybridized carbons (Fsp3) is 0.577. The summed E-state index contributed by atoms with van der Waals surface area (Å²) < 4.78 is 17.0. The molecule has 2 atom stereocenters. The van der Waals surface area contributed by atoms with Crippen LogP contribution in [0.3, 0.4) is 0 Å². The molecule has 0 fully saturated rings. The van der Waals surface area contributed by atoms with E-state index in [4.69, 9.17) is 14.2 Å². The number of thiophene rings is 1. The van der Waals surface area contributed by atoms with E-state index in [9.17, 15) is 9.90 Å². The first-order valence-corrected chi connectivity index (χ1v) is 12.9. The second kappa shape index (κ2) is 13.1. The van der Waals surface area contributed by atoms with Crippen LogP contribution in [0, 0.1) is 0 Å². The third-order valence-corrected chi connectivity index (χ3v) is 6.85. The standard InChI is InChI=1S/C26H38N2O5S/c1-5-11-27(15-20(29)17-32-19(2)3)16-26(30)28-12-9-25-23(10-13-34-25)24(28)18-33-22-8-6-7-21(14-22)31-4/h6-8,10,13-14,19-20,24,29H,5,9,11-12,15-18H2,1-4H3/t20-,24+/m0/s1. The number of benzene rings is 1. The summed E-state index contributed by atoms with van der Waals surface area (Å²) in [4.78, 5) is 18.8. The number of aliphatic hydroxyl groups is 1. The molecule has 0 radical (unpaired) electrons. The number of fused-ring (bicyclic) bond motifs is 1. The molecule has 2 heterocycles. The third-order valence-electron chi connectivity index (χ3n) is 5.85. The smallest absolute Gasteiger partial charge is 0.237 e. The second-order valence-electron chi connectivity index (χ2n) is 8.91.